The second kappa shape index (κ2) is 4.23. The van der Waals surface area contributed by atoms with E-state index < -0.39 is 5.97 Å². The van der Waals surface area contributed by atoms with E-state index in [4.69, 9.17) is 5.11 Å². The molecule has 0 bridgehead atoms. The first-order chi connectivity index (χ1) is 8.99. The molecule has 0 saturated heterocycles. The summed E-state index contributed by atoms with van der Waals surface area (Å²) in [7, 11) is 0. The summed E-state index contributed by atoms with van der Waals surface area (Å²) in [6.07, 6.45) is 2.83. The summed E-state index contributed by atoms with van der Waals surface area (Å²) >= 11 is 1.26. The molecule has 2 aromatic heterocycles. The van der Waals surface area contributed by atoms with Gasteiger partial charge in [-0.25, -0.2) is 9.97 Å². The zero-order valence-electron chi connectivity index (χ0n) is 10.8. The number of hydrogen-bond acceptors (Lipinski definition) is 4. The van der Waals surface area contributed by atoms with Gasteiger partial charge in [0.15, 0.2) is 10.8 Å². The molecule has 1 N–H and O–H groups in total. The van der Waals surface area contributed by atoms with Gasteiger partial charge in [0.2, 0.25) is 0 Å². The van der Waals surface area contributed by atoms with Crippen LogP contribution in [-0.2, 0) is 4.79 Å². The molecule has 100 valence electrons. The standard InChI is InChI=1S/C13H15N3O2S/c1-13(2)6-9(13)16-11-8(4-3-5-14-11)15-12(16)19-7-10(17)18/h3-5,9H,6-7H2,1-2H3,(H,17,18). The molecule has 0 spiro atoms. The van der Waals surface area contributed by atoms with Crippen LogP contribution in [0.4, 0.5) is 0 Å². The van der Waals surface area contributed by atoms with Gasteiger partial charge in [0, 0.05) is 12.2 Å². The van der Waals surface area contributed by atoms with Gasteiger partial charge in [-0.05, 0) is 24.0 Å². The normalized spacial score (nSPS) is 20.6. The molecule has 1 unspecified atom stereocenters. The Morgan fingerprint density at radius 2 is 2.37 bits per heavy atom. The lowest BCUT2D eigenvalue weighted by molar-refractivity contribution is -0.133. The van der Waals surface area contributed by atoms with Crippen molar-refractivity contribution in [1.82, 2.24) is 14.5 Å². The predicted octanol–water partition coefficient (Wildman–Crippen LogP) is 2.58. The molecule has 2 heterocycles. The van der Waals surface area contributed by atoms with E-state index >= 15 is 0 Å². The summed E-state index contributed by atoms with van der Waals surface area (Å²) in [5, 5.41) is 9.58. The Labute approximate surface area is 115 Å². The van der Waals surface area contributed by atoms with E-state index in [1.54, 1.807) is 6.20 Å². The van der Waals surface area contributed by atoms with Gasteiger partial charge in [0.1, 0.15) is 5.52 Å². The maximum atomic E-state index is 10.7. The fourth-order valence-corrected chi connectivity index (χ4v) is 3.07. The van der Waals surface area contributed by atoms with Gasteiger partial charge in [0.05, 0.1) is 5.75 Å². The summed E-state index contributed by atoms with van der Waals surface area (Å²) in [5.41, 5.74) is 1.92. The van der Waals surface area contributed by atoms with Gasteiger partial charge in [-0.3, -0.25) is 9.36 Å². The highest BCUT2D eigenvalue weighted by molar-refractivity contribution is 7.99. The van der Waals surface area contributed by atoms with Crippen LogP contribution in [0.25, 0.3) is 11.2 Å². The number of thioether (sulfide) groups is 1. The lowest BCUT2D eigenvalue weighted by atomic mass is 10.2. The van der Waals surface area contributed by atoms with Crippen molar-refractivity contribution in [2.75, 3.05) is 5.75 Å². The van der Waals surface area contributed by atoms with Gasteiger partial charge in [-0.1, -0.05) is 25.6 Å². The maximum absolute atomic E-state index is 10.7. The Bertz CT molecular complexity index is 650. The Hall–Kier alpha value is -1.56. The van der Waals surface area contributed by atoms with Crippen molar-refractivity contribution in [2.24, 2.45) is 5.41 Å². The SMILES string of the molecule is CC1(C)CC1n1c(SCC(=O)O)nc2cccnc21. The van der Waals surface area contributed by atoms with Crippen LogP contribution in [0.2, 0.25) is 0 Å². The number of rotatable bonds is 4. The summed E-state index contributed by atoms with van der Waals surface area (Å²) in [4.78, 5) is 19.6. The molecule has 1 aliphatic rings. The minimum absolute atomic E-state index is 0.0243. The molecule has 5 nitrogen and oxygen atoms in total. The fourth-order valence-electron chi connectivity index (χ4n) is 2.30. The molecule has 19 heavy (non-hydrogen) atoms. The Kier molecular flexibility index (Phi) is 2.78. The zero-order valence-corrected chi connectivity index (χ0v) is 11.6. The average Bonchev–Trinajstić information content (AvgIpc) is 2.84. The number of aromatic nitrogens is 3. The molecular weight excluding hydrogens is 262 g/mol. The van der Waals surface area contributed by atoms with E-state index in [0.717, 1.165) is 22.7 Å². The number of pyridine rings is 1. The van der Waals surface area contributed by atoms with Crippen LogP contribution >= 0.6 is 11.8 Å². The van der Waals surface area contributed by atoms with Crippen LogP contribution in [-0.4, -0.2) is 31.4 Å². The number of fused-ring (bicyclic) bond motifs is 1. The first-order valence-electron chi connectivity index (χ1n) is 6.16. The summed E-state index contributed by atoms with van der Waals surface area (Å²) < 4.78 is 2.10. The number of aliphatic carboxylic acids is 1. The predicted molar refractivity (Wildman–Crippen MR) is 73.3 cm³/mol. The Balaban J connectivity index is 2.05. The highest BCUT2D eigenvalue weighted by Gasteiger charge is 2.48. The van der Waals surface area contributed by atoms with Crippen molar-refractivity contribution in [3.63, 3.8) is 0 Å². The van der Waals surface area contributed by atoms with Crippen LogP contribution in [0.3, 0.4) is 0 Å². The third-order valence-corrected chi connectivity index (χ3v) is 4.45. The van der Waals surface area contributed by atoms with Crippen LogP contribution < -0.4 is 0 Å². The molecule has 1 fully saturated rings. The van der Waals surface area contributed by atoms with Gasteiger partial charge < -0.3 is 5.11 Å². The van der Waals surface area contributed by atoms with Gasteiger partial charge in [-0.15, -0.1) is 0 Å². The van der Waals surface area contributed by atoms with E-state index in [-0.39, 0.29) is 11.2 Å². The third kappa shape index (κ3) is 2.20. The summed E-state index contributed by atoms with van der Waals surface area (Å²) in [5.74, 6) is -0.803. The molecule has 0 aromatic carbocycles. The van der Waals surface area contributed by atoms with E-state index in [1.165, 1.54) is 11.8 Å². The molecule has 0 aliphatic heterocycles. The molecule has 1 aliphatic carbocycles. The summed E-state index contributed by atoms with van der Waals surface area (Å²) in [6, 6.07) is 4.13. The first kappa shape index (κ1) is 12.5. The number of carbonyl (C=O) groups is 1. The number of carboxylic acid groups (broad SMARTS) is 1. The van der Waals surface area contributed by atoms with Gasteiger partial charge in [-0.2, -0.15) is 0 Å². The average molecular weight is 277 g/mol. The first-order valence-corrected chi connectivity index (χ1v) is 7.15. The monoisotopic (exact) mass is 277 g/mol. The molecule has 0 radical (unpaired) electrons. The highest BCUT2D eigenvalue weighted by Crippen LogP contribution is 2.57. The molecule has 2 aromatic rings. The van der Waals surface area contributed by atoms with Crippen molar-refractivity contribution < 1.29 is 9.90 Å². The van der Waals surface area contributed by atoms with Crippen LogP contribution in [0, 0.1) is 5.41 Å². The van der Waals surface area contributed by atoms with Crippen LogP contribution in [0.5, 0.6) is 0 Å². The van der Waals surface area contributed by atoms with Crippen LogP contribution in [0.1, 0.15) is 26.3 Å². The highest BCUT2D eigenvalue weighted by atomic mass is 32.2. The maximum Gasteiger partial charge on any atom is 0.313 e. The zero-order chi connectivity index (χ0) is 13.6. The minimum atomic E-state index is -0.827. The molecule has 1 atom stereocenters. The van der Waals surface area contributed by atoms with E-state index in [1.807, 2.05) is 12.1 Å². The molecule has 0 amide bonds. The van der Waals surface area contributed by atoms with Crippen molar-refractivity contribution >= 4 is 28.9 Å². The van der Waals surface area contributed by atoms with Gasteiger partial charge in [0.25, 0.3) is 0 Å². The minimum Gasteiger partial charge on any atom is -0.481 e. The van der Waals surface area contributed by atoms with E-state index in [9.17, 15) is 4.79 Å². The van der Waals surface area contributed by atoms with E-state index in [2.05, 4.69) is 28.4 Å². The van der Waals surface area contributed by atoms with Crippen LogP contribution in [0.15, 0.2) is 23.5 Å². The quantitative estimate of drug-likeness (QED) is 0.870. The van der Waals surface area contributed by atoms with Gasteiger partial charge >= 0.3 is 5.97 Å². The lowest BCUT2D eigenvalue weighted by Crippen LogP contribution is -2.05. The number of hydrogen-bond donors (Lipinski definition) is 1. The summed E-state index contributed by atoms with van der Waals surface area (Å²) in [6.45, 7) is 4.41. The van der Waals surface area contributed by atoms with Crippen molar-refractivity contribution in [3.05, 3.63) is 18.3 Å². The number of nitrogens with zero attached hydrogens (tertiary/aromatic N) is 3. The molecule has 6 heteroatoms. The third-order valence-electron chi connectivity index (χ3n) is 3.51. The van der Waals surface area contributed by atoms with Crippen molar-refractivity contribution in [2.45, 2.75) is 31.5 Å². The van der Waals surface area contributed by atoms with Crippen molar-refractivity contribution in [3.8, 4) is 0 Å². The Morgan fingerprint density at radius 3 is 3.00 bits per heavy atom. The van der Waals surface area contributed by atoms with E-state index in [0.29, 0.717) is 6.04 Å². The largest absolute Gasteiger partial charge is 0.481 e. The molecular formula is C13H15N3O2S. The molecule has 1 saturated carbocycles. The topological polar surface area (TPSA) is 68.0 Å². The smallest absolute Gasteiger partial charge is 0.313 e. The Morgan fingerprint density at radius 1 is 1.63 bits per heavy atom. The fraction of sp³-hybridized carbons (Fsp3) is 0.462. The van der Waals surface area contributed by atoms with Crippen molar-refractivity contribution in [1.29, 1.82) is 0 Å². The number of carboxylic acids is 1. The second-order valence-electron chi connectivity index (χ2n) is 5.50. The number of imidazole rings is 1. The molecule has 3 rings (SSSR count). The lowest BCUT2D eigenvalue weighted by Gasteiger charge is -2.09. The second-order valence-corrected chi connectivity index (χ2v) is 6.44.